The predicted octanol–water partition coefficient (Wildman–Crippen LogP) is 1.81. The van der Waals surface area contributed by atoms with E-state index in [1.165, 1.54) is 17.6 Å². The smallest absolute Gasteiger partial charge is 0.326 e. The normalized spacial score (nSPS) is 27.9. The number of hydrogen-bond donors (Lipinski definition) is 3. The van der Waals surface area contributed by atoms with Crippen molar-refractivity contribution in [2.45, 2.75) is 63.1 Å². The van der Waals surface area contributed by atoms with E-state index in [9.17, 15) is 19.5 Å². The lowest BCUT2D eigenvalue weighted by molar-refractivity contribution is -0.174. The topological polar surface area (TPSA) is 170 Å². The summed E-state index contributed by atoms with van der Waals surface area (Å²) in [7, 11) is 0. The van der Waals surface area contributed by atoms with Gasteiger partial charge in [-0.05, 0) is 26.2 Å². The number of amides is 3. The molecule has 3 N–H and O–H groups in total. The van der Waals surface area contributed by atoms with E-state index >= 15 is 0 Å². The van der Waals surface area contributed by atoms with Gasteiger partial charge >= 0.3 is 12.0 Å². The van der Waals surface area contributed by atoms with Gasteiger partial charge in [0.25, 0.3) is 5.91 Å². The molecule has 0 bridgehead atoms. The number of nitrogens with one attached hydrogen (secondary N) is 2. The number of carboxylic acids is 1. The molecule has 14 heteroatoms. The second-order valence-electron chi connectivity index (χ2n) is 9.80. The molecule has 210 valence electrons. The maximum Gasteiger partial charge on any atom is 0.326 e. The molecule has 6 rings (SSSR count). The second-order valence-corrected chi connectivity index (χ2v) is 9.80. The van der Waals surface area contributed by atoms with Crippen LogP contribution in [0, 0.1) is 0 Å². The molecule has 3 aromatic rings. The first-order valence-corrected chi connectivity index (χ1v) is 13.2. The molecule has 5 heterocycles. The van der Waals surface area contributed by atoms with Gasteiger partial charge < -0.3 is 29.5 Å². The molecule has 2 aromatic heterocycles. The average molecular weight is 552 g/mol. The van der Waals surface area contributed by atoms with Crippen molar-refractivity contribution in [2.75, 3.05) is 18.4 Å². The molecule has 40 heavy (non-hydrogen) atoms. The zero-order chi connectivity index (χ0) is 27.8. The van der Waals surface area contributed by atoms with Crippen molar-refractivity contribution in [3.05, 3.63) is 48.5 Å². The number of anilines is 1. The largest absolute Gasteiger partial charge is 0.480 e. The highest BCUT2D eigenvalue weighted by Crippen LogP contribution is 2.45. The van der Waals surface area contributed by atoms with Crippen LogP contribution in [0.1, 0.15) is 44.3 Å². The van der Waals surface area contributed by atoms with Crippen LogP contribution in [0.5, 0.6) is 0 Å². The van der Waals surface area contributed by atoms with E-state index in [1.807, 2.05) is 30.3 Å². The summed E-state index contributed by atoms with van der Waals surface area (Å²) in [6, 6.07) is 7.96. The number of carboxylic acid groups (broad SMARTS) is 1. The van der Waals surface area contributed by atoms with Gasteiger partial charge in [0.2, 0.25) is 0 Å². The Labute approximate surface area is 228 Å². The SMILES string of the molecule is CCNC(=O)Nc1ncnc2c1ncn2C1OC(C(=O)N2CCCC[C@@H]2C(=O)O)C2O[C@H](c3ccccc3)OC21. The Balaban J connectivity index is 1.34. The van der Waals surface area contributed by atoms with Crippen LogP contribution in [-0.4, -0.2) is 84.9 Å². The number of hydrogen-bond acceptors (Lipinski definition) is 9. The molecule has 3 amide bonds. The van der Waals surface area contributed by atoms with Crippen LogP contribution in [-0.2, 0) is 23.8 Å². The number of rotatable bonds is 6. The highest BCUT2D eigenvalue weighted by molar-refractivity contribution is 5.95. The third kappa shape index (κ3) is 4.63. The van der Waals surface area contributed by atoms with Crippen molar-refractivity contribution in [1.29, 1.82) is 0 Å². The standard InChI is InChI=1S/C26H29N7O7/c1-2-27-26(37)31-20-16-21(29-12-28-20)33(13-30-16)23-19-17(39-25(40-19)14-8-4-3-5-9-14)18(38-23)22(34)32-11-7-6-10-15(32)24(35)36/h3-5,8-9,12-13,15,17-19,23,25H,2,6-7,10-11H2,1H3,(H,35,36)(H2,27,28,29,31,37)/t15-,17?,18?,19?,23?,25+/m1/s1. The van der Waals surface area contributed by atoms with Crippen LogP contribution < -0.4 is 10.6 Å². The third-order valence-corrected chi connectivity index (χ3v) is 7.34. The summed E-state index contributed by atoms with van der Waals surface area (Å²) in [5.74, 6) is -1.30. The summed E-state index contributed by atoms with van der Waals surface area (Å²) < 4.78 is 20.5. The van der Waals surface area contributed by atoms with Crippen molar-refractivity contribution >= 4 is 34.9 Å². The minimum atomic E-state index is -1.11. The molecule has 3 fully saturated rings. The van der Waals surface area contributed by atoms with Crippen LogP contribution in [0.15, 0.2) is 43.0 Å². The number of carbonyl (C=O) groups is 3. The zero-order valence-corrected chi connectivity index (χ0v) is 21.7. The molecule has 0 saturated carbocycles. The Morgan fingerprint density at radius 2 is 1.85 bits per heavy atom. The Kier molecular flexibility index (Phi) is 7.04. The van der Waals surface area contributed by atoms with E-state index in [4.69, 9.17) is 14.2 Å². The van der Waals surface area contributed by atoms with Gasteiger partial charge in [-0.2, -0.15) is 0 Å². The van der Waals surface area contributed by atoms with Crippen LogP contribution in [0.25, 0.3) is 11.2 Å². The zero-order valence-electron chi connectivity index (χ0n) is 21.7. The van der Waals surface area contributed by atoms with E-state index in [0.29, 0.717) is 37.1 Å². The van der Waals surface area contributed by atoms with E-state index in [-0.39, 0.29) is 5.82 Å². The Morgan fingerprint density at radius 1 is 1.05 bits per heavy atom. The first kappa shape index (κ1) is 26.1. The molecule has 0 aliphatic carbocycles. The fourth-order valence-electron chi connectivity index (χ4n) is 5.50. The number of aromatic nitrogens is 4. The molecular formula is C26H29N7O7. The number of imidazole rings is 1. The van der Waals surface area contributed by atoms with Crippen molar-refractivity contribution in [1.82, 2.24) is 29.7 Å². The number of ether oxygens (including phenoxy) is 3. The minimum Gasteiger partial charge on any atom is -0.480 e. The fourth-order valence-corrected chi connectivity index (χ4v) is 5.50. The quantitative estimate of drug-likeness (QED) is 0.411. The monoisotopic (exact) mass is 551 g/mol. The van der Waals surface area contributed by atoms with Gasteiger partial charge in [-0.15, -0.1) is 0 Å². The number of likely N-dealkylation sites (tertiary alicyclic amines) is 1. The number of benzene rings is 1. The summed E-state index contributed by atoms with van der Waals surface area (Å²) in [6.07, 6.45) is 0.282. The minimum absolute atomic E-state index is 0.209. The van der Waals surface area contributed by atoms with Gasteiger partial charge in [0, 0.05) is 18.7 Å². The van der Waals surface area contributed by atoms with Gasteiger partial charge in [0.05, 0.1) is 6.33 Å². The highest BCUT2D eigenvalue weighted by atomic mass is 16.8. The fraction of sp³-hybridized carbons (Fsp3) is 0.462. The van der Waals surface area contributed by atoms with E-state index in [1.54, 1.807) is 11.5 Å². The van der Waals surface area contributed by atoms with Crippen molar-refractivity contribution in [3.8, 4) is 0 Å². The molecule has 3 saturated heterocycles. The molecule has 0 radical (unpaired) electrons. The lowest BCUT2D eigenvalue weighted by atomic mass is 10.00. The van der Waals surface area contributed by atoms with Crippen molar-refractivity contribution in [3.63, 3.8) is 0 Å². The summed E-state index contributed by atoms with van der Waals surface area (Å²) in [6.45, 7) is 2.55. The summed E-state index contributed by atoms with van der Waals surface area (Å²) in [5.41, 5.74) is 1.45. The molecule has 3 aliphatic rings. The predicted molar refractivity (Wildman–Crippen MR) is 138 cm³/mol. The Hall–Kier alpha value is -4.14. The molecule has 3 aliphatic heterocycles. The van der Waals surface area contributed by atoms with E-state index in [2.05, 4.69) is 25.6 Å². The van der Waals surface area contributed by atoms with E-state index in [0.717, 1.165) is 12.0 Å². The van der Waals surface area contributed by atoms with Gasteiger partial charge in [-0.1, -0.05) is 30.3 Å². The van der Waals surface area contributed by atoms with Crippen LogP contribution >= 0.6 is 0 Å². The first-order valence-electron chi connectivity index (χ1n) is 13.2. The first-order chi connectivity index (χ1) is 19.5. The number of aliphatic carboxylic acids is 1. The summed E-state index contributed by atoms with van der Waals surface area (Å²) in [4.78, 5) is 52.2. The maximum absolute atomic E-state index is 13.8. The molecule has 6 atom stereocenters. The molecule has 14 nitrogen and oxygen atoms in total. The number of carbonyl (C=O) groups excluding carboxylic acids is 2. The Bertz CT molecular complexity index is 1420. The summed E-state index contributed by atoms with van der Waals surface area (Å²) in [5, 5.41) is 15.1. The van der Waals surface area contributed by atoms with Crippen molar-refractivity contribution < 1.29 is 33.7 Å². The number of nitrogens with zero attached hydrogens (tertiary/aromatic N) is 5. The van der Waals surface area contributed by atoms with Crippen LogP contribution in [0.3, 0.4) is 0 Å². The van der Waals surface area contributed by atoms with Crippen LogP contribution in [0.2, 0.25) is 0 Å². The second kappa shape index (κ2) is 10.8. The van der Waals surface area contributed by atoms with Crippen LogP contribution in [0.4, 0.5) is 10.6 Å². The van der Waals surface area contributed by atoms with Gasteiger partial charge in [0.1, 0.15) is 24.6 Å². The number of fused-ring (bicyclic) bond motifs is 2. The third-order valence-electron chi connectivity index (χ3n) is 7.34. The maximum atomic E-state index is 13.8. The molecule has 1 aromatic carbocycles. The van der Waals surface area contributed by atoms with Gasteiger partial charge in [0.15, 0.2) is 35.6 Å². The van der Waals surface area contributed by atoms with Gasteiger partial charge in [-0.3, -0.25) is 14.7 Å². The van der Waals surface area contributed by atoms with E-state index < -0.39 is 54.8 Å². The molecule has 4 unspecified atom stereocenters. The Morgan fingerprint density at radius 3 is 2.62 bits per heavy atom. The molecular weight excluding hydrogens is 522 g/mol. The number of piperidine rings is 1. The van der Waals surface area contributed by atoms with Crippen molar-refractivity contribution in [2.24, 2.45) is 0 Å². The lowest BCUT2D eigenvalue weighted by Crippen LogP contribution is -2.53. The lowest BCUT2D eigenvalue weighted by Gasteiger charge is -2.35. The number of urea groups is 1. The highest BCUT2D eigenvalue weighted by Gasteiger charge is 2.58. The van der Waals surface area contributed by atoms with Gasteiger partial charge in [-0.25, -0.2) is 24.5 Å². The molecule has 0 spiro atoms. The summed E-state index contributed by atoms with van der Waals surface area (Å²) >= 11 is 0. The average Bonchev–Trinajstić information content (AvgIpc) is 3.67.